The van der Waals surface area contributed by atoms with Gasteiger partial charge in [-0.25, -0.2) is 4.98 Å². The molecule has 9 heteroatoms. The molecule has 8 nitrogen and oxygen atoms in total. The minimum atomic E-state index is -1.24. The lowest BCUT2D eigenvalue weighted by molar-refractivity contribution is -0.142. The molecule has 0 N–H and O–H groups in total. The number of anilines is 1. The first-order chi connectivity index (χ1) is 16.4. The predicted octanol–water partition coefficient (Wildman–Crippen LogP) is 3.41. The molecule has 0 aliphatic carbocycles. The first-order valence-corrected chi connectivity index (χ1v) is 11.5. The van der Waals surface area contributed by atoms with Gasteiger partial charge in [0.1, 0.15) is 11.7 Å². The molecule has 1 amide bonds. The number of hydrogen-bond donors (Lipinski definition) is 0. The number of carbonyl (C=O) groups is 4. The van der Waals surface area contributed by atoms with Crippen LogP contribution < -0.4 is 9.64 Å². The Morgan fingerprint density at radius 2 is 1.76 bits per heavy atom. The molecule has 1 aromatic heterocycles. The molecular formula is C25H22N2O6S. The normalized spacial score (nSPS) is 17.6. The fraction of sp³-hybridized carbons (Fsp3) is 0.240. The van der Waals surface area contributed by atoms with Crippen LogP contribution in [0.25, 0.3) is 0 Å². The van der Waals surface area contributed by atoms with Crippen molar-refractivity contribution in [2.24, 2.45) is 5.92 Å². The van der Waals surface area contributed by atoms with Crippen molar-refractivity contribution < 1.29 is 28.7 Å². The second-order valence-electron chi connectivity index (χ2n) is 7.57. The summed E-state index contributed by atoms with van der Waals surface area (Å²) in [4.78, 5) is 57.3. The number of amides is 1. The lowest BCUT2D eigenvalue weighted by atomic mass is 9.86. The fourth-order valence-electron chi connectivity index (χ4n) is 3.91. The molecule has 1 fully saturated rings. The van der Waals surface area contributed by atoms with E-state index < -0.39 is 35.4 Å². The zero-order chi connectivity index (χ0) is 24.2. The van der Waals surface area contributed by atoms with Crippen molar-refractivity contribution in [1.82, 2.24) is 4.98 Å². The summed E-state index contributed by atoms with van der Waals surface area (Å²) in [5.41, 5.74) is 1.36. The van der Waals surface area contributed by atoms with E-state index in [1.165, 1.54) is 12.0 Å². The standard InChI is InChI=1S/C25H22N2O6S/c1-3-33-19(28)13-17-14-34-25(26-17)27-21(15-7-5-4-6-8-15)20(23(30)24(27)31)22(29)16-9-11-18(32-2)12-10-16/h4-12,14,20-21H,3,13H2,1-2H3. The van der Waals surface area contributed by atoms with Gasteiger partial charge in [-0.3, -0.25) is 24.1 Å². The smallest absolute Gasteiger partial charge is 0.311 e. The molecule has 4 rings (SSSR count). The van der Waals surface area contributed by atoms with Crippen LogP contribution in [0.3, 0.4) is 0 Å². The molecule has 0 bridgehead atoms. The van der Waals surface area contributed by atoms with E-state index in [0.717, 1.165) is 11.3 Å². The van der Waals surface area contributed by atoms with Crippen molar-refractivity contribution in [3.63, 3.8) is 0 Å². The number of Topliss-reactive ketones (excluding diaryl/α,β-unsaturated/α-hetero) is 2. The van der Waals surface area contributed by atoms with Gasteiger partial charge in [-0.05, 0) is 36.8 Å². The Balaban J connectivity index is 1.72. The summed E-state index contributed by atoms with van der Waals surface area (Å²) < 4.78 is 10.1. The number of rotatable bonds is 8. The molecule has 2 atom stereocenters. The third-order valence-corrected chi connectivity index (χ3v) is 6.37. The number of nitrogens with zero attached hydrogens (tertiary/aromatic N) is 2. The third-order valence-electron chi connectivity index (χ3n) is 5.48. The van der Waals surface area contributed by atoms with Gasteiger partial charge in [0.25, 0.3) is 5.91 Å². The molecule has 2 unspecified atom stereocenters. The van der Waals surface area contributed by atoms with Gasteiger partial charge in [-0.15, -0.1) is 11.3 Å². The maximum absolute atomic E-state index is 13.5. The van der Waals surface area contributed by atoms with E-state index in [2.05, 4.69) is 4.98 Å². The van der Waals surface area contributed by atoms with E-state index in [4.69, 9.17) is 9.47 Å². The SMILES string of the molecule is CCOC(=O)Cc1csc(N2C(=O)C(=O)C(C(=O)c3ccc(OC)cc3)C2c2ccccc2)n1. The average Bonchev–Trinajstić information content (AvgIpc) is 3.41. The number of ether oxygens (including phenoxy) is 2. The van der Waals surface area contributed by atoms with Crippen LogP contribution in [0.5, 0.6) is 5.75 Å². The topological polar surface area (TPSA) is 103 Å². The van der Waals surface area contributed by atoms with Crippen molar-refractivity contribution in [2.45, 2.75) is 19.4 Å². The van der Waals surface area contributed by atoms with E-state index in [1.807, 2.05) is 6.07 Å². The van der Waals surface area contributed by atoms with Crippen molar-refractivity contribution in [3.05, 3.63) is 76.8 Å². The molecule has 3 aromatic rings. The summed E-state index contributed by atoms with van der Waals surface area (Å²) in [6, 6.07) is 14.5. The number of thiazole rings is 1. The maximum Gasteiger partial charge on any atom is 0.311 e. The number of esters is 1. The van der Waals surface area contributed by atoms with E-state index >= 15 is 0 Å². The molecule has 2 heterocycles. The summed E-state index contributed by atoms with van der Waals surface area (Å²) in [7, 11) is 1.52. The highest BCUT2D eigenvalue weighted by Crippen LogP contribution is 2.42. The Labute approximate surface area is 200 Å². The van der Waals surface area contributed by atoms with Crippen LogP contribution in [0.15, 0.2) is 60.0 Å². The Kier molecular flexibility index (Phi) is 6.83. The van der Waals surface area contributed by atoms with Crippen molar-refractivity contribution in [3.8, 4) is 5.75 Å². The number of methoxy groups -OCH3 is 1. The van der Waals surface area contributed by atoms with Gasteiger partial charge in [0.2, 0.25) is 5.78 Å². The Morgan fingerprint density at radius 3 is 2.41 bits per heavy atom. The van der Waals surface area contributed by atoms with Gasteiger partial charge in [0.15, 0.2) is 10.9 Å². The highest BCUT2D eigenvalue weighted by Gasteiger charge is 2.53. The summed E-state index contributed by atoms with van der Waals surface area (Å²) in [5.74, 6) is -3.16. The highest BCUT2D eigenvalue weighted by molar-refractivity contribution is 7.14. The second kappa shape index (κ2) is 9.96. The zero-order valence-electron chi connectivity index (χ0n) is 18.6. The van der Waals surface area contributed by atoms with Gasteiger partial charge >= 0.3 is 5.97 Å². The lowest BCUT2D eigenvalue weighted by Gasteiger charge is -2.25. The van der Waals surface area contributed by atoms with Crippen LogP contribution in [-0.4, -0.2) is 42.1 Å². The van der Waals surface area contributed by atoms with Crippen LogP contribution in [0.1, 0.15) is 34.6 Å². The molecule has 2 aromatic carbocycles. The van der Waals surface area contributed by atoms with Gasteiger partial charge in [-0.2, -0.15) is 0 Å². The van der Waals surface area contributed by atoms with Crippen molar-refractivity contribution in [1.29, 1.82) is 0 Å². The van der Waals surface area contributed by atoms with Crippen LogP contribution in [-0.2, 0) is 25.5 Å². The Morgan fingerprint density at radius 1 is 1.06 bits per heavy atom. The quantitative estimate of drug-likeness (QED) is 0.212. The van der Waals surface area contributed by atoms with Gasteiger partial charge in [-0.1, -0.05) is 30.3 Å². The molecule has 0 spiro atoms. The summed E-state index contributed by atoms with van der Waals surface area (Å²) in [5, 5.41) is 1.89. The maximum atomic E-state index is 13.5. The molecule has 34 heavy (non-hydrogen) atoms. The predicted molar refractivity (Wildman–Crippen MR) is 125 cm³/mol. The highest BCUT2D eigenvalue weighted by atomic mass is 32.1. The first-order valence-electron chi connectivity index (χ1n) is 10.6. The second-order valence-corrected chi connectivity index (χ2v) is 8.41. The third kappa shape index (κ3) is 4.47. The molecule has 1 saturated heterocycles. The van der Waals surface area contributed by atoms with E-state index in [9.17, 15) is 19.2 Å². The van der Waals surface area contributed by atoms with Crippen LogP contribution >= 0.6 is 11.3 Å². The summed E-state index contributed by atoms with van der Waals surface area (Å²) >= 11 is 1.13. The number of carbonyl (C=O) groups excluding carboxylic acids is 4. The molecule has 1 aliphatic heterocycles. The Bertz CT molecular complexity index is 1220. The molecule has 1 aliphatic rings. The number of hydrogen-bond acceptors (Lipinski definition) is 8. The molecule has 0 radical (unpaired) electrons. The first kappa shape index (κ1) is 23.3. The number of aromatic nitrogens is 1. The van der Waals surface area contributed by atoms with Gasteiger partial charge < -0.3 is 9.47 Å². The zero-order valence-corrected chi connectivity index (χ0v) is 19.4. The van der Waals surface area contributed by atoms with Crippen LogP contribution in [0.2, 0.25) is 0 Å². The van der Waals surface area contributed by atoms with Crippen LogP contribution in [0, 0.1) is 5.92 Å². The summed E-state index contributed by atoms with van der Waals surface area (Å²) in [6.07, 6.45) is -0.0511. The monoisotopic (exact) mass is 478 g/mol. The van der Waals surface area contributed by atoms with E-state index in [1.54, 1.807) is 60.8 Å². The average molecular weight is 479 g/mol. The Hall–Kier alpha value is -3.85. The lowest BCUT2D eigenvalue weighted by Crippen LogP contribution is -2.30. The largest absolute Gasteiger partial charge is 0.497 e. The van der Waals surface area contributed by atoms with Gasteiger partial charge in [0, 0.05) is 10.9 Å². The summed E-state index contributed by atoms with van der Waals surface area (Å²) in [6.45, 7) is 1.96. The minimum Gasteiger partial charge on any atom is -0.497 e. The minimum absolute atomic E-state index is 0.0511. The van der Waals surface area contributed by atoms with E-state index in [0.29, 0.717) is 22.6 Å². The van der Waals surface area contributed by atoms with E-state index in [-0.39, 0.29) is 18.2 Å². The van der Waals surface area contributed by atoms with Crippen molar-refractivity contribution in [2.75, 3.05) is 18.6 Å². The number of ketones is 2. The fourth-order valence-corrected chi connectivity index (χ4v) is 4.77. The van der Waals surface area contributed by atoms with Crippen molar-refractivity contribution >= 4 is 39.9 Å². The van der Waals surface area contributed by atoms with Crippen LogP contribution in [0.4, 0.5) is 5.13 Å². The molecular weight excluding hydrogens is 456 g/mol. The molecule has 0 saturated carbocycles. The number of benzene rings is 2. The molecule has 174 valence electrons. The van der Waals surface area contributed by atoms with Gasteiger partial charge in [0.05, 0.1) is 31.9 Å².